The second kappa shape index (κ2) is 7.48. The maximum atomic E-state index is 12.1. The highest BCUT2D eigenvalue weighted by atomic mass is 16.4. The standard InChI is InChI=1S/C28H26N2O3/c1-17-13-29(14-17)19-7-9-23-25(11-19)33-26-12-20(30-15-18(2)16-30)8-10-24(26)27(23)21-5-3-4-6-22(21)28(31)32/h3-12,17-18H,13-16H2,1-2H3/p+1. The van der Waals surface area contributed by atoms with Crippen molar-refractivity contribution in [3.05, 3.63) is 71.6 Å². The van der Waals surface area contributed by atoms with Gasteiger partial charge in [-0.1, -0.05) is 32.0 Å². The van der Waals surface area contributed by atoms with Crippen LogP contribution in [0.1, 0.15) is 24.2 Å². The van der Waals surface area contributed by atoms with Crippen LogP contribution in [0.3, 0.4) is 0 Å². The topological polar surface area (TPSA) is 56.7 Å². The van der Waals surface area contributed by atoms with Crippen molar-refractivity contribution in [2.45, 2.75) is 13.8 Å². The van der Waals surface area contributed by atoms with Gasteiger partial charge < -0.3 is 14.4 Å². The van der Waals surface area contributed by atoms with Crippen LogP contribution >= 0.6 is 0 Å². The summed E-state index contributed by atoms with van der Waals surface area (Å²) in [7, 11) is 0. The summed E-state index contributed by atoms with van der Waals surface area (Å²) in [5.74, 6) is 1.26. The summed E-state index contributed by atoms with van der Waals surface area (Å²) in [4.78, 5) is 14.4. The van der Waals surface area contributed by atoms with E-state index >= 15 is 0 Å². The van der Waals surface area contributed by atoms with Crippen molar-refractivity contribution in [1.29, 1.82) is 0 Å². The van der Waals surface area contributed by atoms with Gasteiger partial charge in [-0.3, -0.25) is 0 Å². The fourth-order valence-corrected chi connectivity index (χ4v) is 5.26. The molecule has 3 heterocycles. The van der Waals surface area contributed by atoms with Gasteiger partial charge in [-0.15, -0.1) is 0 Å². The Hall–Kier alpha value is -3.60. The first-order valence-electron chi connectivity index (χ1n) is 11.6. The number of fused-ring (bicyclic) bond motifs is 2. The Morgan fingerprint density at radius 2 is 1.76 bits per heavy atom. The van der Waals surface area contributed by atoms with Crippen LogP contribution in [0.5, 0.6) is 0 Å². The van der Waals surface area contributed by atoms with Crippen molar-refractivity contribution < 1.29 is 14.3 Å². The molecule has 0 radical (unpaired) electrons. The minimum absolute atomic E-state index is 0.299. The van der Waals surface area contributed by atoms with Gasteiger partial charge in [0.15, 0.2) is 13.1 Å². The SMILES string of the molecule is CC1CN(c2ccc3c(-c4ccccc4C(=O)O)c4ccc(=[N+]5CC(C)C5)cc-4oc3c2)C1. The molecule has 33 heavy (non-hydrogen) atoms. The molecule has 2 aromatic carbocycles. The van der Waals surface area contributed by atoms with Crippen molar-refractivity contribution in [2.24, 2.45) is 11.8 Å². The summed E-state index contributed by atoms with van der Waals surface area (Å²) >= 11 is 0. The highest BCUT2D eigenvalue weighted by Crippen LogP contribution is 2.42. The van der Waals surface area contributed by atoms with Crippen LogP contribution in [0.2, 0.25) is 0 Å². The van der Waals surface area contributed by atoms with Gasteiger partial charge in [0.2, 0.25) is 5.36 Å². The normalized spacial score (nSPS) is 18.4. The van der Waals surface area contributed by atoms with E-state index in [-0.39, 0.29) is 0 Å². The Kier molecular flexibility index (Phi) is 4.54. The zero-order valence-electron chi connectivity index (χ0n) is 18.9. The van der Waals surface area contributed by atoms with Crippen LogP contribution in [0.15, 0.2) is 65.1 Å². The van der Waals surface area contributed by atoms with Crippen LogP contribution in [-0.2, 0) is 0 Å². The first-order chi connectivity index (χ1) is 16.0. The molecular weight excluding hydrogens is 412 g/mol. The lowest BCUT2D eigenvalue weighted by molar-refractivity contribution is 0.0697. The molecule has 0 atom stereocenters. The first kappa shape index (κ1) is 20.0. The number of anilines is 1. The number of hydrogen-bond acceptors (Lipinski definition) is 3. The summed E-state index contributed by atoms with van der Waals surface area (Å²) in [6, 6.07) is 19.9. The van der Waals surface area contributed by atoms with E-state index < -0.39 is 5.97 Å². The van der Waals surface area contributed by atoms with Crippen molar-refractivity contribution in [3.63, 3.8) is 0 Å². The van der Waals surface area contributed by atoms with Gasteiger partial charge >= 0.3 is 5.97 Å². The fraction of sp³-hybridized carbons (Fsp3) is 0.286. The van der Waals surface area contributed by atoms with E-state index in [4.69, 9.17) is 4.42 Å². The van der Waals surface area contributed by atoms with Crippen LogP contribution in [-0.4, -0.2) is 37.3 Å². The highest BCUT2D eigenvalue weighted by Gasteiger charge is 2.28. The van der Waals surface area contributed by atoms with Gasteiger partial charge in [0.25, 0.3) is 0 Å². The van der Waals surface area contributed by atoms with Gasteiger partial charge in [0.05, 0.1) is 17.5 Å². The van der Waals surface area contributed by atoms with E-state index in [9.17, 15) is 9.90 Å². The Bertz CT molecular complexity index is 1440. The molecule has 2 saturated heterocycles. The fourth-order valence-electron chi connectivity index (χ4n) is 5.26. The van der Waals surface area contributed by atoms with Crippen molar-refractivity contribution >= 4 is 22.6 Å². The number of carboxylic acids is 1. The van der Waals surface area contributed by atoms with Crippen LogP contribution in [0, 0.1) is 11.8 Å². The number of carbonyl (C=O) groups is 1. The number of carboxylic acid groups (broad SMARTS) is 1. The van der Waals surface area contributed by atoms with Gasteiger partial charge in [-0.05, 0) is 35.7 Å². The number of benzene rings is 3. The third-order valence-corrected chi connectivity index (χ3v) is 6.97. The molecule has 0 aromatic heterocycles. The minimum Gasteiger partial charge on any atom is -0.478 e. The molecule has 0 saturated carbocycles. The highest BCUT2D eigenvalue weighted by molar-refractivity contribution is 6.07. The minimum atomic E-state index is -0.926. The predicted molar refractivity (Wildman–Crippen MR) is 131 cm³/mol. The van der Waals surface area contributed by atoms with Crippen LogP contribution in [0.4, 0.5) is 5.69 Å². The average Bonchev–Trinajstić information content (AvgIpc) is 2.77. The van der Waals surface area contributed by atoms with Crippen LogP contribution in [0.25, 0.3) is 33.4 Å². The van der Waals surface area contributed by atoms with E-state index in [0.29, 0.717) is 23.0 Å². The van der Waals surface area contributed by atoms with Crippen LogP contribution < -0.4 is 14.8 Å². The second-order valence-electron chi connectivity index (χ2n) is 9.71. The molecule has 0 unspecified atom stereocenters. The summed E-state index contributed by atoms with van der Waals surface area (Å²) in [6.07, 6.45) is 0. The lowest BCUT2D eigenvalue weighted by Gasteiger charge is -2.39. The third kappa shape index (κ3) is 3.30. The molecule has 0 bridgehead atoms. The van der Waals surface area contributed by atoms with E-state index in [1.807, 2.05) is 12.1 Å². The lowest BCUT2D eigenvalue weighted by atomic mass is 9.90. The van der Waals surface area contributed by atoms with Gasteiger partial charge in [-0.2, -0.15) is 0 Å². The van der Waals surface area contributed by atoms with Crippen molar-refractivity contribution in [2.75, 3.05) is 31.1 Å². The molecule has 5 nitrogen and oxygen atoms in total. The zero-order chi connectivity index (χ0) is 22.7. The van der Waals surface area contributed by atoms with E-state index in [1.54, 1.807) is 12.1 Å². The number of nitrogens with zero attached hydrogens (tertiary/aromatic N) is 2. The summed E-state index contributed by atoms with van der Waals surface area (Å²) in [6.45, 7) is 8.70. The third-order valence-electron chi connectivity index (χ3n) is 6.97. The molecule has 1 N–H and O–H groups in total. The van der Waals surface area contributed by atoms with Crippen molar-refractivity contribution in [1.82, 2.24) is 4.58 Å². The summed E-state index contributed by atoms with van der Waals surface area (Å²) in [5, 5.41) is 12.0. The maximum Gasteiger partial charge on any atom is 0.336 e. The van der Waals surface area contributed by atoms with Gasteiger partial charge in [0, 0.05) is 47.4 Å². The largest absolute Gasteiger partial charge is 0.478 e. The molecule has 2 aromatic rings. The lowest BCUT2D eigenvalue weighted by Crippen LogP contribution is -2.47. The first-order valence-corrected chi connectivity index (χ1v) is 11.6. The molecular formula is C28H27N2O3+. The Balaban J connectivity index is 1.64. The predicted octanol–water partition coefficient (Wildman–Crippen LogP) is 4.78. The molecule has 5 heteroatoms. The molecule has 2 fully saturated rings. The van der Waals surface area contributed by atoms with Crippen molar-refractivity contribution in [3.8, 4) is 22.5 Å². The Morgan fingerprint density at radius 1 is 0.970 bits per heavy atom. The Morgan fingerprint density at radius 3 is 2.48 bits per heavy atom. The van der Waals surface area contributed by atoms with Gasteiger partial charge in [0.1, 0.15) is 11.3 Å². The van der Waals surface area contributed by atoms with Gasteiger partial charge in [-0.25, -0.2) is 9.37 Å². The smallest absolute Gasteiger partial charge is 0.336 e. The molecule has 4 aliphatic rings. The molecule has 6 rings (SSSR count). The number of rotatable bonds is 3. The monoisotopic (exact) mass is 439 g/mol. The molecule has 1 aliphatic carbocycles. The number of hydrogen-bond donors (Lipinski definition) is 1. The summed E-state index contributed by atoms with van der Waals surface area (Å²) < 4.78 is 8.83. The van der Waals surface area contributed by atoms with E-state index in [0.717, 1.165) is 65.1 Å². The quantitative estimate of drug-likeness (QED) is 0.369. The molecule has 3 aliphatic heterocycles. The summed E-state index contributed by atoms with van der Waals surface area (Å²) in [5.41, 5.74) is 4.78. The zero-order valence-corrected chi connectivity index (χ0v) is 18.9. The maximum absolute atomic E-state index is 12.1. The molecule has 166 valence electrons. The second-order valence-corrected chi connectivity index (χ2v) is 9.71. The molecule has 0 spiro atoms. The molecule has 0 amide bonds. The van der Waals surface area contributed by atoms with E-state index in [1.165, 1.54) is 0 Å². The van der Waals surface area contributed by atoms with E-state index in [2.05, 4.69) is 59.7 Å². The number of aromatic carboxylic acids is 1. The average molecular weight is 440 g/mol. The Labute approximate surface area is 192 Å².